The van der Waals surface area contributed by atoms with E-state index < -0.39 is 0 Å². The van der Waals surface area contributed by atoms with Crippen molar-refractivity contribution in [1.82, 2.24) is 15.2 Å². The van der Waals surface area contributed by atoms with E-state index in [1.807, 2.05) is 12.4 Å². The van der Waals surface area contributed by atoms with E-state index in [0.29, 0.717) is 6.17 Å². The Bertz CT molecular complexity index is 398. The average molecular weight is 231 g/mol. The normalized spacial score (nSPS) is 25.9. The Morgan fingerprint density at radius 1 is 1.24 bits per heavy atom. The quantitative estimate of drug-likeness (QED) is 0.814. The number of hydrogen-bond donors (Lipinski definition) is 1. The third kappa shape index (κ3) is 2.39. The second-order valence-electron chi connectivity index (χ2n) is 4.40. The molecule has 17 heavy (non-hydrogen) atoms. The molecule has 90 valence electrons. The van der Waals surface area contributed by atoms with Gasteiger partial charge in [0.1, 0.15) is 0 Å². The molecule has 0 radical (unpaired) electrons. The summed E-state index contributed by atoms with van der Waals surface area (Å²) in [6.07, 6.45) is 6.37. The van der Waals surface area contributed by atoms with E-state index in [1.54, 1.807) is 0 Å². The zero-order valence-electron chi connectivity index (χ0n) is 9.80. The fourth-order valence-corrected chi connectivity index (χ4v) is 2.38. The lowest BCUT2D eigenvalue weighted by molar-refractivity contribution is 0.0216. The van der Waals surface area contributed by atoms with Crippen molar-refractivity contribution in [2.24, 2.45) is 0 Å². The van der Waals surface area contributed by atoms with Gasteiger partial charge in [0, 0.05) is 32.0 Å². The molecule has 4 heteroatoms. The van der Waals surface area contributed by atoms with Crippen molar-refractivity contribution in [1.29, 1.82) is 0 Å². The molecule has 4 nitrogen and oxygen atoms in total. The van der Waals surface area contributed by atoms with Crippen LogP contribution in [0.5, 0.6) is 0 Å². The lowest BCUT2D eigenvalue weighted by Crippen LogP contribution is -2.47. The number of ether oxygens (including phenoxy) is 1. The largest absolute Gasteiger partial charge is 0.379 e. The van der Waals surface area contributed by atoms with Crippen LogP contribution in [0.3, 0.4) is 0 Å². The maximum atomic E-state index is 5.37. The molecule has 1 atom stereocenters. The highest BCUT2D eigenvalue weighted by molar-refractivity contribution is 5.69. The molecule has 0 aliphatic carbocycles. The Morgan fingerprint density at radius 3 is 2.76 bits per heavy atom. The second-order valence-corrected chi connectivity index (χ2v) is 4.40. The van der Waals surface area contributed by atoms with E-state index >= 15 is 0 Å². The molecule has 1 aromatic rings. The highest BCUT2D eigenvalue weighted by atomic mass is 16.5. The van der Waals surface area contributed by atoms with E-state index in [2.05, 4.69) is 33.4 Å². The van der Waals surface area contributed by atoms with Crippen molar-refractivity contribution in [2.45, 2.75) is 6.17 Å². The number of rotatable bonds is 2. The highest BCUT2D eigenvalue weighted by Crippen LogP contribution is 2.20. The van der Waals surface area contributed by atoms with Crippen LogP contribution in [0, 0.1) is 0 Å². The Morgan fingerprint density at radius 2 is 2.00 bits per heavy atom. The monoisotopic (exact) mass is 231 g/mol. The molecular weight excluding hydrogens is 214 g/mol. The van der Waals surface area contributed by atoms with E-state index in [1.165, 1.54) is 11.1 Å². The maximum Gasteiger partial charge on any atom is 0.0800 e. The molecule has 3 heterocycles. The predicted octanol–water partition coefficient (Wildman–Crippen LogP) is 0.726. The summed E-state index contributed by atoms with van der Waals surface area (Å²) in [5, 5.41) is 3.53. The second kappa shape index (κ2) is 4.96. The first-order chi connectivity index (χ1) is 8.43. The summed E-state index contributed by atoms with van der Waals surface area (Å²) in [6, 6.07) is 4.13. The van der Waals surface area contributed by atoms with Crippen LogP contribution in [0.15, 0.2) is 30.6 Å². The number of pyridine rings is 1. The molecule has 0 bridgehead atoms. The Labute approximate surface area is 101 Å². The van der Waals surface area contributed by atoms with E-state index in [0.717, 1.165) is 32.8 Å². The SMILES string of the molecule is C1=C(c2ccncc2)CNC1N1CCOCC1. The lowest BCUT2D eigenvalue weighted by atomic mass is 10.1. The third-order valence-electron chi connectivity index (χ3n) is 3.35. The molecule has 3 rings (SSSR count). The number of aromatic nitrogens is 1. The summed E-state index contributed by atoms with van der Waals surface area (Å²) >= 11 is 0. The molecule has 0 amide bonds. The molecule has 1 N–H and O–H groups in total. The van der Waals surface area contributed by atoms with E-state index in [-0.39, 0.29) is 0 Å². The molecule has 0 spiro atoms. The van der Waals surface area contributed by atoms with Crippen molar-refractivity contribution in [3.63, 3.8) is 0 Å². The number of hydrogen-bond acceptors (Lipinski definition) is 4. The zero-order chi connectivity index (χ0) is 11.5. The van der Waals surface area contributed by atoms with Gasteiger partial charge in [-0.1, -0.05) is 0 Å². The van der Waals surface area contributed by atoms with Crippen LogP contribution >= 0.6 is 0 Å². The molecule has 2 aliphatic heterocycles. The molecule has 2 aliphatic rings. The fraction of sp³-hybridized carbons (Fsp3) is 0.462. The number of morpholine rings is 1. The van der Waals surface area contributed by atoms with E-state index in [4.69, 9.17) is 4.74 Å². The van der Waals surface area contributed by atoms with Gasteiger partial charge in [-0.25, -0.2) is 0 Å². The number of nitrogens with zero attached hydrogens (tertiary/aromatic N) is 2. The summed E-state index contributed by atoms with van der Waals surface area (Å²) in [4.78, 5) is 6.48. The molecule has 1 fully saturated rings. The van der Waals surface area contributed by atoms with Gasteiger partial charge in [-0.05, 0) is 29.3 Å². The Hall–Kier alpha value is -1.23. The summed E-state index contributed by atoms with van der Waals surface area (Å²) in [7, 11) is 0. The minimum absolute atomic E-state index is 0.363. The van der Waals surface area contributed by atoms with Crippen LogP contribution in [0.4, 0.5) is 0 Å². The van der Waals surface area contributed by atoms with Crippen molar-refractivity contribution in [2.75, 3.05) is 32.8 Å². The molecular formula is C13H17N3O. The Balaban J connectivity index is 1.72. The first kappa shape index (κ1) is 10.9. The van der Waals surface area contributed by atoms with Crippen LogP contribution < -0.4 is 5.32 Å². The van der Waals surface area contributed by atoms with Crippen molar-refractivity contribution < 1.29 is 4.74 Å². The summed E-state index contributed by atoms with van der Waals surface area (Å²) in [5.41, 5.74) is 2.63. The van der Waals surface area contributed by atoms with E-state index in [9.17, 15) is 0 Å². The van der Waals surface area contributed by atoms with Crippen molar-refractivity contribution in [3.8, 4) is 0 Å². The van der Waals surface area contributed by atoms with Crippen LogP contribution in [0.2, 0.25) is 0 Å². The van der Waals surface area contributed by atoms with Crippen LogP contribution in [-0.4, -0.2) is 48.9 Å². The minimum Gasteiger partial charge on any atom is -0.379 e. The predicted molar refractivity (Wildman–Crippen MR) is 66.4 cm³/mol. The molecule has 1 unspecified atom stereocenters. The third-order valence-corrected chi connectivity index (χ3v) is 3.35. The molecule has 1 aromatic heterocycles. The molecule has 0 aromatic carbocycles. The zero-order valence-corrected chi connectivity index (χ0v) is 9.80. The highest BCUT2D eigenvalue weighted by Gasteiger charge is 2.23. The van der Waals surface area contributed by atoms with Crippen LogP contribution in [0.1, 0.15) is 5.56 Å². The van der Waals surface area contributed by atoms with Gasteiger partial charge in [0.15, 0.2) is 0 Å². The minimum atomic E-state index is 0.363. The van der Waals surface area contributed by atoms with Gasteiger partial charge < -0.3 is 4.74 Å². The van der Waals surface area contributed by atoms with Gasteiger partial charge in [0.25, 0.3) is 0 Å². The number of nitrogens with one attached hydrogen (secondary N) is 1. The molecule has 1 saturated heterocycles. The fourth-order valence-electron chi connectivity index (χ4n) is 2.38. The molecule has 0 saturated carbocycles. The van der Waals surface area contributed by atoms with Crippen LogP contribution in [0.25, 0.3) is 5.57 Å². The van der Waals surface area contributed by atoms with Crippen molar-refractivity contribution >= 4 is 5.57 Å². The maximum absolute atomic E-state index is 5.37. The van der Waals surface area contributed by atoms with Crippen molar-refractivity contribution in [3.05, 3.63) is 36.2 Å². The standard InChI is InChI=1S/C13H17N3O/c1-3-14-4-2-11(1)12-9-13(15-10-12)16-5-7-17-8-6-16/h1-4,9,13,15H,5-8,10H2. The summed E-state index contributed by atoms with van der Waals surface area (Å²) in [6.45, 7) is 4.65. The van der Waals surface area contributed by atoms with Gasteiger partial charge >= 0.3 is 0 Å². The van der Waals surface area contributed by atoms with Crippen LogP contribution in [-0.2, 0) is 4.74 Å². The van der Waals surface area contributed by atoms with Gasteiger partial charge in [-0.3, -0.25) is 15.2 Å². The smallest absolute Gasteiger partial charge is 0.0800 e. The van der Waals surface area contributed by atoms with Gasteiger partial charge in [0.2, 0.25) is 0 Å². The average Bonchev–Trinajstić information content (AvgIpc) is 2.90. The van der Waals surface area contributed by atoms with Gasteiger partial charge in [-0.2, -0.15) is 0 Å². The summed E-state index contributed by atoms with van der Waals surface area (Å²) < 4.78 is 5.37. The van der Waals surface area contributed by atoms with Gasteiger partial charge in [-0.15, -0.1) is 0 Å². The van der Waals surface area contributed by atoms with Gasteiger partial charge in [0.05, 0.1) is 19.4 Å². The first-order valence-corrected chi connectivity index (χ1v) is 6.10. The topological polar surface area (TPSA) is 37.4 Å². The summed E-state index contributed by atoms with van der Waals surface area (Å²) in [5.74, 6) is 0. The Kier molecular flexibility index (Phi) is 3.18. The lowest BCUT2D eigenvalue weighted by Gasteiger charge is -2.31. The first-order valence-electron chi connectivity index (χ1n) is 6.10.